The van der Waals surface area contributed by atoms with Crippen LogP contribution < -0.4 is 4.74 Å². The molecule has 1 aromatic carbocycles. The zero-order valence-electron chi connectivity index (χ0n) is 8.60. The van der Waals surface area contributed by atoms with E-state index in [9.17, 15) is 4.79 Å². The van der Waals surface area contributed by atoms with Crippen molar-refractivity contribution in [1.82, 2.24) is 0 Å². The second-order valence-corrected chi connectivity index (χ2v) is 3.26. The first-order valence-corrected chi connectivity index (χ1v) is 4.64. The summed E-state index contributed by atoms with van der Waals surface area (Å²) in [5, 5.41) is 0. The van der Waals surface area contributed by atoms with Crippen LogP contribution in [-0.2, 0) is 14.3 Å². The third kappa shape index (κ3) is 1.57. The van der Waals surface area contributed by atoms with Gasteiger partial charge in [0, 0.05) is 12.7 Å². The largest absolute Gasteiger partial charge is 0.468 e. The lowest BCUT2D eigenvalue weighted by molar-refractivity contribution is -0.151. The molecule has 2 atom stereocenters. The van der Waals surface area contributed by atoms with Gasteiger partial charge in [0.25, 0.3) is 0 Å². The number of benzene rings is 1. The molecule has 80 valence electrons. The van der Waals surface area contributed by atoms with Crippen molar-refractivity contribution >= 4 is 5.97 Å². The Hall–Kier alpha value is -1.55. The Bertz CT molecular complexity index is 375. The highest BCUT2D eigenvalue weighted by Crippen LogP contribution is 2.38. The summed E-state index contributed by atoms with van der Waals surface area (Å²) in [6, 6.07) is 7.36. The van der Waals surface area contributed by atoms with E-state index in [1.807, 2.05) is 24.3 Å². The molecular weight excluding hydrogens is 196 g/mol. The van der Waals surface area contributed by atoms with Crippen molar-refractivity contribution in [3.05, 3.63) is 29.8 Å². The Morgan fingerprint density at radius 1 is 1.33 bits per heavy atom. The molecule has 2 rings (SSSR count). The first kappa shape index (κ1) is 9.98. The van der Waals surface area contributed by atoms with Gasteiger partial charge >= 0.3 is 5.97 Å². The summed E-state index contributed by atoms with van der Waals surface area (Å²) < 4.78 is 15.3. The Morgan fingerprint density at radius 2 is 2.07 bits per heavy atom. The lowest BCUT2D eigenvalue weighted by Gasteiger charge is -2.14. The van der Waals surface area contributed by atoms with Crippen molar-refractivity contribution in [2.24, 2.45) is 0 Å². The average Bonchev–Trinajstić information content (AvgIpc) is 2.66. The predicted molar refractivity (Wildman–Crippen MR) is 52.6 cm³/mol. The molecule has 1 heterocycles. The van der Waals surface area contributed by atoms with E-state index in [-0.39, 0.29) is 5.97 Å². The van der Waals surface area contributed by atoms with E-state index in [0.717, 1.165) is 5.56 Å². The van der Waals surface area contributed by atoms with Crippen LogP contribution in [0.4, 0.5) is 0 Å². The summed E-state index contributed by atoms with van der Waals surface area (Å²) in [5.41, 5.74) is 0.816. The number of fused-ring (bicyclic) bond motifs is 1. The van der Waals surface area contributed by atoms with Gasteiger partial charge in [0.05, 0.1) is 7.11 Å². The number of ether oxygens (including phenoxy) is 3. The molecule has 4 heteroatoms. The van der Waals surface area contributed by atoms with Crippen LogP contribution in [0.5, 0.6) is 5.75 Å². The van der Waals surface area contributed by atoms with E-state index in [4.69, 9.17) is 14.2 Å². The Kier molecular flexibility index (Phi) is 2.60. The number of esters is 1. The summed E-state index contributed by atoms with van der Waals surface area (Å²) >= 11 is 0. The molecule has 0 amide bonds. The van der Waals surface area contributed by atoms with Crippen LogP contribution in [0.25, 0.3) is 0 Å². The Labute approximate surface area is 87.8 Å². The molecular formula is C11H12O4. The number of carbonyl (C=O) groups is 1. The number of hydrogen-bond acceptors (Lipinski definition) is 4. The lowest BCUT2D eigenvalue weighted by atomic mass is 10.0. The van der Waals surface area contributed by atoms with Crippen LogP contribution >= 0.6 is 0 Å². The molecule has 0 fully saturated rings. The van der Waals surface area contributed by atoms with Gasteiger partial charge in [0.15, 0.2) is 0 Å². The molecule has 0 unspecified atom stereocenters. The second kappa shape index (κ2) is 3.90. The third-order valence-electron chi connectivity index (χ3n) is 2.46. The fourth-order valence-corrected chi connectivity index (χ4v) is 1.73. The normalized spacial score (nSPS) is 23.1. The number of hydrogen-bond donors (Lipinski definition) is 0. The van der Waals surface area contributed by atoms with Gasteiger partial charge < -0.3 is 14.2 Å². The van der Waals surface area contributed by atoms with Gasteiger partial charge in [-0.1, -0.05) is 18.2 Å². The number of methoxy groups -OCH3 is 2. The Balaban J connectivity index is 2.38. The third-order valence-corrected chi connectivity index (χ3v) is 2.46. The molecule has 4 nitrogen and oxygen atoms in total. The molecule has 1 aromatic rings. The molecule has 0 N–H and O–H groups in total. The van der Waals surface area contributed by atoms with Gasteiger partial charge in [0.1, 0.15) is 11.7 Å². The van der Waals surface area contributed by atoms with Gasteiger partial charge in [-0.15, -0.1) is 0 Å². The van der Waals surface area contributed by atoms with E-state index in [2.05, 4.69) is 0 Å². The van der Waals surface area contributed by atoms with Gasteiger partial charge in [-0.2, -0.15) is 0 Å². The molecule has 15 heavy (non-hydrogen) atoms. The first-order chi connectivity index (χ1) is 7.27. The van der Waals surface area contributed by atoms with E-state index in [0.29, 0.717) is 5.75 Å². The minimum Gasteiger partial charge on any atom is -0.468 e. The van der Waals surface area contributed by atoms with Crippen LogP contribution in [0.2, 0.25) is 0 Å². The van der Waals surface area contributed by atoms with Crippen LogP contribution in [0.3, 0.4) is 0 Å². The van der Waals surface area contributed by atoms with E-state index < -0.39 is 12.2 Å². The zero-order chi connectivity index (χ0) is 10.8. The number of carbonyl (C=O) groups excluding carboxylic acids is 1. The van der Waals surface area contributed by atoms with Crippen molar-refractivity contribution in [2.45, 2.75) is 12.2 Å². The van der Waals surface area contributed by atoms with Crippen LogP contribution in [0.15, 0.2) is 24.3 Å². The number of rotatable bonds is 2. The van der Waals surface area contributed by atoms with Gasteiger partial charge in [0.2, 0.25) is 6.29 Å². The van der Waals surface area contributed by atoms with Crippen LogP contribution in [-0.4, -0.2) is 26.5 Å². The molecule has 0 saturated carbocycles. The van der Waals surface area contributed by atoms with Gasteiger partial charge in [-0.25, -0.2) is 0 Å². The number of para-hydroxylation sites is 1. The summed E-state index contributed by atoms with van der Waals surface area (Å²) in [6.07, 6.45) is -0.588. The maximum absolute atomic E-state index is 11.6. The van der Waals surface area contributed by atoms with Crippen molar-refractivity contribution in [3.8, 4) is 5.75 Å². The highest BCUT2D eigenvalue weighted by molar-refractivity contribution is 5.80. The summed E-state index contributed by atoms with van der Waals surface area (Å²) in [7, 11) is 2.86. The van der Waals surface area contributed by atoms with Crippen molar-refractivity contribution < 1.29 is 19.0 Å². The topological polar surface area (TPSA) is 44.8 Å². The molecule has 0 saturated heterocycles. The minimum absolute atomic E-state index is 0.341. The summed E-state index contributed by atoms with van der Waals surface area (Å²) in [6.45, 7) is 0. The molecule has 0 aromatic heterocycles. The van der Waals surface area contributed by atoms with Crippen LogP contribution in [0.1, 0.15) is 11.5 Å². The predicted octanol–water partition coefficient (Wildman–Crippen LogP) is 1.31. The average molecular weight is 208 g/mol. The van der Waals surface area contributed by atoms with Crippen LogP contribution in [0, 0.1) is 0 Å². The zero-order valence-corrected chi connectivity index (χ0v) is 8.60. The molecule has 0 spiro atoms. The molecule has 0 bridgehead atoms. The molecule has 0 aliphatic carbocycles. The summed E-state index contributed by atoms with van der Waals surface area (Å²) in [5.74, 6) is -0.150. The molecule has 1 aliphatic rings. The fourth-order valence-electron chi connectivity index (χ4n) is 1.73. The molecule has 0 radical (unpaired) electrons. The highest BCUT2D eigenvalue weighted by atomic mass is 16.7. The Morgan fingerprint density at radius 3 is 2.73 bits per heavy atom. The van der Waals surface area contributed by atoms with Crippen molar-refractivity contribution in [1.29, 1.82) is 0 Å². The van der Waals surface area contributed by atoms with E-state index in [1.165, 1.54) is 14.2 Å². The second-order valence-electron chi connectivity index (χ2n) is 3.26. The SMILES string of the molecule is COC(=O)[C@H]1c2ccccc2O[C@H]1OC. The smallest absolute Gasteiger partial charge is 0.319 e. The monoisotopic (exact) mass is 208 g/mol. The first-order valence-electron chi connectivity index (χ1n) is 4.64. The van der Waals surface area contributed by atoms with Gasteiger partial charge in [-0.3, -0.25) is 4.79 Å². The molecule has 1 aliphatic heterocycles. The van der Waals surface area contributed by atoms with E-state index >= 15 is 0 Å². The van der Waals surface area contributed by atoms with Crippen molar-refractivity contribution in [2.75, 3.05) is 14.2 Å². The minimum atomic E-state index is -0.588. The maximum atomic E-state index is 11.6. The quantitative estimate of drug-likeness (QED) is 0.687. The lowest BCUT2D eigenvalue weighted by Crippen LogP contribution is -2.27. The maximum Gasteiger partial charge on any atom is 0.319 e. The fraction of sp³-hybridized carbons (Fsp3) is 0.364. The summed E-state index contributed by atoms with van der Waals surface area (Å²) in [4.78, 5) is 11.6. The van der Waals surface area contributed by atoms with E-state index in [1.54, 1.807) is 0 Å². The van der Waals surface area contributed by atoms with Crippen molar-refractivity contribution in [3.63, 3.8) is 0 Å². The van der Waals surface area contributed by atoms with Gasteiger partial charge in [-0.05, 0) is 6.07 Å². The highest BCUT2D eigenvalue weighted by Gasteiger charge is 2.40. The standard InChI is InChI=1S/C11H12O4/c1-13-10(12)9-7-5-3-4-6-8(7)15-11(9)14-2/h3-6,9,11H,1-2H3/t9-,11-/m1/s1.